The van der Waals surface area contributed by atoms with Crippen LogP contribution in [-0.4, -0.2) is 4.21 Å². The Morgan fingerprint density at radius 2 is 1.29 bits per heavy atom. The number of rotatable bonds is 1. The Balaban J connectivity index is 0.000000510. The molecule has 1 nitrogen and oxygen atoms in total. The van der Waals surface area contributed by atoms with Gasteiger partial charge in [-0.25, -0.2) is 4.21 Å². The molecule has 21 heavy (non-hydrogen) atoms. The molecule has 0 aromatic heterocycles. The SMILES string of the molecule is CC.CC.CC1=C(c2ccccc2)S(=O)c2ccccc21. The summed E-state index contributed by atoms with van der Waals surface area (Å²) in [7, 11) is -1.04. The van der Waals surface area contributed by atoms with Crippen molar-refractivity contribution in [3.63, 3.8) is 0 Å². The minimum absolute atomic E-state index is 0.934. The van der Waals surface area contributed by atoms with Crippen LogP contribution >= 0.6 is 0 Å². The van der Waals surface area contributed by atoms with Crippen molar-refractivity contribution in [3.05, 3.63) is 65.7 Å². The number of benzene rings is 2. The van der Waals surface area contributed by atoms with Crippen molar-refractivity contribution < 1.29 is 4.21 Å². The highest BCUT2D eigenvalue weighted by Gasteiger charge is 2.26. The number of fused-ring (bicyclic) bond motifs is 1. The van der Waals surface area contributed by atoms with Crippen molar-refractivity contribution >= 4 is 21.3 Å². The maximum absolute atomic E-state index is 12.5. The van der Waals surface area contributed by atoms with Crippen molar-refractivity contribution in [2.45, 2.75) is 39.5 Å². The van der Waals surface area contributed by atoms with Crippen LogP contribution in [0.15, 0.2) is 59.5 Å². The van der Waals surface area contributed by atoms with Crippen LogP contribution in [0.1, 0.15) is 45.7 Å². The summed E-state index contributed by atoms with van der Waals surface area (Å²) in [5.41, 5.74) is 3.30. The van der Waals surface area contributed by atoms with Crippen LogP contribution in [0.3, 0.4) is 0 Å². The lowest BCUT2D eigenvalue weighted by Gasteiger charge is -2.02. The molecular formula is C19H24OS. The summed E-state index contributed by atoms with van der Waals surface area (Å²) in [5.74, 6) is 0. The third-order valence-electron chi connectivity index (χ3n) is 3.05. The zero-order valence-electron chi connectivity index (χ0n) is 13.5. The molecule has 0 bridgehead atoms. The van der Waals surface area contributed by atoms with E-state index in [1.807, 2.05) is 89.2 Å². The molecule has 2 aromatic carbocycles. The van der Waals surface area contributed by atoms with E-state index >= 15 is 0 Å². The van der Waals surface area contributed by atoms with E-state index in [1.165, 1.54) is 0 Å². The standard InChI is InChI=1S/C15H12OS.2C2H6/c1-11-13-9-5-6-10-14(13)17(16)15(11)12-7-3-2-4-8-12;2*1-2/h2-10H,1H3;2*1-2H3. The van der Waals surface area contributed by atoms with Crippen LogP contribution in [0, 0.1) is 0 Å². The van der Waals surface area contributed by atoms with Crippen LogP contribution in [0.5, 0.6) is 0 Å². The van der Waals surface area contributed by atoms with Gasteiger partial charge in [0.1, 0.15) is 0 Å². The minimum atomic E-state index is -1.04. The Labute approximate surface area is 131 Å². The molecule has 0 amide bonds. The van der Waals surface area contributed by atoms with Gasteiger partial charge in [0.15, 0.2) is 0 Å². The molecule has 2 aromatic rings. The van der Waals surface area contributed by atoms with E-state index < -0.39 is 10.8 Å². The van der Waals surface area contributed by atoms with Crippen molar-refractivity contribution in [3.8, 4) is 0 Å². The Hall–Kier alpha value is -1.67. The molecule has 1 aliphatic heterocycles. The molecule has 0 N–H and O–H groups in total. The fourth-order valence-electron chi connectivity index (χ4n) is 2.22. The fraction of sp³-hybridized carbons (Fsp3) is 0.263. The molecule has 1 aliphatic rings. The van der Waals surface area contributed by atoms with Gasteiger partial charge in [-0.2, -0.15) is 0 Å². The Kier molecular flexibility index (Phi) is 7.10. The van der Waals surface area contributed by atoms with Gasteiger partial charge in [-0.15, -0.1) is 0 Å². The molecule has 2 heteroatoms. The van der Waals surface area contributed by atoms with Gasteiger partial charge in [-0.05, 0) is 29.7 Å². The highest BCUT2D eigenvalue weighted by Crippen LogP contribution is 2.40. The molecule has 112 valence electrons. The third-order valence-corrected chi connectivity index (χ3v) is 4.72. The number of hydrogen-bond acceptors (Lipinski definition) is 1. The second-order valence-corrected chi connectivity index (χ2v) is 5.47. The third kappa shape index (κ3) is 3.51. The van der Waals surface area contributed by atoms with Crippen LogP contribution in [0.25, 0.3) is 10.5 Å². The molecule has 1 unspecified atom stereocenters. The topological polar surface area (TPSA) is 17.1 Å². The largest absolute Gasteiger partial charge is 0.249 e. The average molecular weight is 300 g/mol. The lowest BCUT2D eigenvalue weighted by Crippen LogP contribution is -1.90. The summed E-state index contributed by atoms with van der Waals surface area (Å²) in [4.78, 5) is 1.88. The average Bonchev–Trinajstić information content (AvgIpc) is 2.84. The zero-order valence-corrected chi connectivity index (χ0v) is 14.3. The van der Waals surface area contributed by atoms with E-state index in [-0.39, 0.29) is 0 Å². The molecule has 3 rings (SSSR count). The molecule has 0 saturated carbocycles. The monoisotopic (exact) mass is 300 g/mol. The van der Waals surface area contributed by atoms with Gasteiger partial charge in [0.25, 0.3) is 0 Å². The van der Waals surface area contributed by atoms with E-state index in [2.05, 4.69) is 0 Å². The smallest absolute Gasteiger partial charge is 0.0864 e. The Bertz CT molecular complexity index is 627. The second kappa shape index (κ2) is 8.58. The highest BCUT2D eigenvalue weighted by atomic mass is 32.2. The van der Waals surface area contributed by atoms with Gasteiger partial charge in [0, 0.05) is 0 Å². The first-order valence-corrected chi connectivity index (χ1v) is 8.71. The van der Waals surface area contributed by atoms with Crippen LogP contribution < -0.4 is 0 Å². The van der Waals surface area contributed by atoms with E-state index in [1.54, 1.807) is 0 Å². The fourth-order valence-corrected chi connectivity index (χ4v) is 3.80. The molecule has 0 spiro atoms. The molecule has 1 atom stereocenters. The number of allylic oxidation sites excluding steroid dienone is 1. The Morgan fingerprint density at radius 1 is 0.762 bits per heavy atom. The molecule has 1 heterocycles. The number of hydrogen-bond donors (Lipinski definition) is 0. The lowest BCUT2D eigenvalue weighted by atomic mass is 10.0. The predicted molar refractivity (Wildman–Crippen MR) is 94.5 cm³/mol. The minimum Gasteiger partial charge on any atom is -0.249 e. The Morgan fingerprint density at radius 3 is 1.86 bits per heavy atom. The predicted octanol–water partition coefficient (Wildman–Crippen LogP) is 5.75. The van der Waals surface area contributed by atoms with Gasteiger partial charge in [-0.1, -0.05) is 76.2 Å². The van der Waals surface area contributed by atoms with Gasteiger partial charge >= 0.3 is 0 Å². The van der Waals surface area contributed by atoms with E-state index in [0.29, 0.717) is 0 Å². The van der Waals surface area contributed by atoms with Gasteiger partial charge in [0.2, 0.25) is 0 Å². The van der Waals surface area contributed by atoms with Gasteiger partial charge < -0.3 is 0 Å². The molecule has 0 aliphatic carbocycles. The summed E-state index contributed by atoms with van der Waals surface area (Å²) in [5, 5.41) is 0. The first-order chi connectivity index (χ1) is 10.3. The first kappa shape index (κ1) is 17.4. The summed E-state index contributed by atoms with van der Waals surface area (Å²) in [6.45, 7) is 10.0. The van der Waals surface area contributed by atoms with Crippen LogP contribution in [-0.2, 0) is 10.8 Å². The zero-order chi connectivity index (χ0) is 15.8. The summed E-state index contributed by atoms with van der Waals surface area (Å²) in [6, 6.07) is 17.9. The highest BCUT2D eigenvalue weighted by molar-refractivity contribution is 7.95. The van der Waals surface area contributed by atoms with Crippen molar-refractivity contribution in [1.29, 1.82) is 0 Å². The quantitative estimate of drug-likeness (QED) is 0.655. The maximum atomic E-state index is 12.5. The van der Waals surface area contributed by atoms with Crippen LogP contribution in [0.2, 0.25) is 0 Å². The molecule has 0 fully saturated rings. The van der Waals surface area contributed by atoms with E-state index in [9.17, 15) is 4.21 Å². The first-order valence-electron chi connectivity index (χ1n) is 7.56. The van der Waals surface area contributed by atoms with Gasteiger partial charge in [-0.3, -0.25) is 0 Å². The van der Waals surface area contributed by atoms with Crippen LogP contribution in [0.4, 0.5) is 0 Å². The van der Waals surface area contributed by atoms with Gasteiger partial charge in [0.05, 0.1) is 20.6 Å². The van der Waals surface area contributed by atoms with E-state index in [0.717, 1.165) is 26.5 Å². The van der Waals surface area contributed by atoms with Crippen molar-refractivity contribution in [2.75, 3.05) is 0 Å². The summed E-state index contributed by atoms with van der Waals surface area (Å²) in [6.07, 6.45) is 0. The van der Waals surface area contributed by atoms with Crippen molar-refractivity contribution in [1.82, 2.24) is 0 Å². The maximum Gasteiger partial charge on any atom is 0.0864 e. The second-order valence-electron chi connectivity index (χ2n) is 4.09. The lowest BCUT2D eigenvalue weighted by molar-refractivity contribution is 0.689. The normalized spacial score (nSPS) is 15.4. The summed E-state index contributed by atoms with van der Waals surface area (Å²) >= 11 is 0. The molecule has 0 saturated heterocycles. The van der Waals surface area contributed by atoms with Crippen molar-refractivity contribution in [2.24, 2.45) is 0 Å². The molecule has 0 radical (unpaired) electrons. The summed E-state index contributed by atoms with van der Waals surface area (Å²) < 4.78 is 12.5. The van der Waals surface area contributed by atoms with E-state index in [4.69, 9.17) is 0 Å². The molecular weight excluding hydrogens is 276 g/mol.